The molecule has 4 rings (SSSR count). The molecule has 1 aliphatic heterocycles. The van der Waals surface area contributed by atoms with Crippen LogP contribution in [0.25, 0.3) is 0 Å². The third-order valence-corrected chi connectivity index (χ3v) is 8.46. The van der Waals surface area contributed by atoms with Crippen molar-refractivity contribution in [3.8, 4) is 0 Å². The average Bonchev–Trinajstić information content (AvgIpc) is 3.06. The van der Waals surface area contributed by atoms with Crippen molar-refractivity contribution in [2.24, 2.45) is 0 Å². The molecule has 0 amide bonds. The molecule has 0 bridgehead atoms. The standard InChI is InChI=1S/C34H42N4O10/c1-37(24-28-6-3-2-4-7-28,25-29-9-13-31(14-10-29)35(41)42)18-23-46-34(40)48-27-47-33(39)8-5-17-38(19-21-45-22-20-38)26-30-11-15-32(16-12-30)36(43)44/h2-4,6-7,9-16H,5,8,17-27H2,1H3/q+2. The van der Waals surface area contributed by atoms with Crippen molar-refractivity contribution in [2.75, 3.05) is 59.8 Å². The summed E-state index contributed by atoms with van der Waals surface area (Å²) < 4.78 is 22.1. The van der Waals surface area contributed by atoms with Crippen LogP contribution in [0.4, 0.5) is 16.2 Å². The SMILES string of the molecule is C[N+](CCOC(=O)OCOC(=O)CCC[N+]1(Cc2ccc([N+](=O)[O-])cc2)CCOCC1)(Cc1ccccc1)Cc1ccc([N+](=O)[O-])cc1. The molecule has 0 aromatic heterocycles. The van der Waals surface area contributed by atoms with Crippen LogP contribution >= 0.6 is 0 Å². The Hall–Kier alpha value is -4.92. The Morgan fingerprint density at radius 1 is 0.792 bits per heavy atom. The van der Waals surface area contributed by atoms with E-state index in [9.17, 15) is 29.8 Å². The number of carbonyl (C=O) groups is 2. The lowest BCUT2D eigenvalue weighted by atomic mass is 10.1. The topological polar surface area (TPSA) is 157 Å². The molecule has 0 radical (unpaired) electrons. The number of rotatable bonds is 17. The average molecular weight is 667 g/mol. The Morgan fingerprint density at radius 2 is 1.35 bits per heavy atom. The zero-order chi connectivity index (χ0) is 34.4. The number of hydrogen-bond donors (Lipinski definition) is 0. The van der Waals surface area contributed by atoms with Gasteiger partial charge in [-0.2, -0.15) is 0 Å². The summed E-state index contributed by atoms with van der Waals surface area (Å²) in [6, 6.07) is 22.8. The summed E-state index contributed by atoms with van der Waals surface area (Å²) in [4.78, 5) is 45.8. The molecule has 1 saturated heterocycles. The number of nitro groups is 2. The van der Waals surface area contributed by atoms with E-state index in [1.54, 1.807) is 24.3 Å². The second-order valence-corrected chi connectivity index (χ2v) is 12.3. The molecule has 1 aliphatic rings. The predicted molar refractivity (Wildman–Crippen MR) is 173 cm³/mol. The minimum Gasteiger partial charge on any atom is -0.428 e. The number of ether oxygens (including phenoxy) is 4. The lowest BCUT2D eigenvalue weighted by Gasteiger charge is -2.41. The Labute approximate surface area is 278 Å². The van der Waals surface area contributed by atoms with Gasteiger partial charge in [0.1, 0.15) is 45.9 Å². The summed E-state index contributed by atoms with van der Waals surface area (Å²) in [6.45, 7) is 5.17. The summed E-state index contributed by atoms with van der Waals surface area (Å²) in [6.07, 6.45) is -0.272. The van der Waals surface area contributed by atoms with E-state index in [4.69, 9.17) is 18.9 Å². The molecule has 3 aromatic rings. The largest absolute Gasteiger partial charge is 0.511 e. The maximum absolute atomic E-state index is 12.4. The molecule has 0 spiro atoms. The van der Waals surface area contributed by atoms with Crippen LogP contribution in [0.3, 0.4) is 0 Å². The number of nitro benzene ring substituents is 2. The molecule has 1 atom stereocenters. The van der Waals surface area contributed by atoms with Crippen molar-refractivity contribution in [3.63, 3.8) is 0 Å². The van der Waals surface area contributed by atoms with Gasteiger partial charge in [0, 0.05) is 47.4 Å². The van der Waals surface area contributed by atoms with Crippen molar-refractivity contribution in [1.82, 2.24) is 0 Å². The smallest absolute Gasteiger partial charge is 0.428 e. The minimum atomic E-state index is -0.953. The lowest BCUT2D eigenvalue weighted by molar-refractivity contribution is -0.947. The Bertz CT molecular complexity index is 1510. The van der Waals surface area contributed by atoms with E-state index in [0.717, 1.165) is 29.8 Å². The summed E-state index contributed by atoms with van der Waals surface area (Å²) in [5.41, 5.74) is 3.03. The van der Waals surface area contributed by atoms with Crippen molar-refractivity contribution < 1.29 is 47.3 Å². The molecule has 0 N–H and O–H groups in total. The van der Waals surface area contributed by atoms with Gasteiger partial charge in [-0.3, -0.25) is 25.0 Å². The monoisotopic (exact) mass is 666 g/mol. The van der Waals surface area contributed by atoms with Gasteiger partial charge in [-0.25, -0.2) is 4.79 Å². The fourth-order valence-electron chi connectivity index (χ4n) is 5.87. The van der Waals surface area contributed by atoms with Gasteiger partial charge < -0.3 is 27.9 Å². The lowest BCUT2D eigenvalue weighted by Crippen LogP contribution is -2.54. The first kappa shape index (κ1) is 35.9. The number of nitrogens with zero attached hydrogens (tertiary/aromatic N) is 4. The number of morpholine rings is 1. The van der Waals surface area contributed by atoms with Crippen LogP contribution in [0.2, 0.25) is 0 Å². The highest BCUT2D eigenvalue weighted by Gasteiger charge is 2.31. The summed E-state index contributed by atoms with van der Waals surface area (Å²) in [5, 5.41) is 22.0. The third-order valence-electron chi connectivity index (χ3n) is 8.46. The molecular weight excluding hydrogens is 624 g/mol. The molecule has 14 nitrogen and oxygen atoms in total. The molecule has 14 heteroatoms. The van der Waals surface area contributed by atoms with Gasteiger partial charge >= 0.3 is 12.1 Å². The molecule has 0 aliphatic carbocycles. The van der Waals surface area contributed by atoms with Gasteiger partial charge in [-0.1, -0.05) is 30.3 Å². The van der Waals surface area contributed by atoms with E-state index in [2.05, 4.69) is 0 Å². The van der Waals surface area contributed by atoms with Crippen molar-refractivity contribution in [1.29, 1.82) is 0 Å². The van der Waals surface area contributed by atoms with Crippen LogP contribution in [-0.4, -0.2) is 90.8 Å². The fraction of sp³-hybridized carbons (Fsp3) is 0.412. The molecule has 48 heavy (non-hydrogen) atoms. The van der Waals surface area contributed by atoms with Crippen LogP contribution < -0.4 is 0 Å². The molecule has 256 valence electrons. The minimum absolute atomic E-state index is 0.0184. The first-order valence-electron chi connectivity index (χ1n) is 15.8. The van der Waals surface area contributed by atoms with Gasteiger partial charge in [0.05, 0.1) is 43.1 Å². The predicted octanol–water partition coefficient (Wildman–Crippen LogP) is 5.13. The van der Waals surface area contributed by atoms with Crippen LogP contribution in [0.15, 0.2) is 78.9 Å². The molecule has 0 saturated carbocycles. The van der Waals surface area contributed by atoms with Crippen LogP contribution in [-0.2, 0) is 43.4 Å². The molecule has 3 aromatic carbocycles. The van der Waals surface area contributed by atoms with E-state index >= 15 is 0 Å². The number of quaternary nitrogens is 2. The Balaban J connectivity index is 1.19. The summed E-state index contributed by atoms with van der Waals surface area (Å²) in [5.74, 6) is -0.500. The highest BCUT2D eigenvalue weighted by atomic mass is 16.8. The number of likely N-dealkylation sites (N-methyl/N-ethyl adjacent to an activating group) is 1. The Kier molecular flexibility index (Phi) is 12.9. The second-order valence-electron chi connectivity index (χ2n) is 12.3. The van der Waals surface area contributed by atoms with Gasteiger partial charge in [-0.05, 0) is 24.3 Å². The van der Waals surface area contributed by atoms with Crippen molar-refractivity contribution >= 4 is 23.5 Å². The number of non-ortho nitro benzene ring substituents is 2. The van der Waals surface area contributed by atoms with Gasteiger partial charge in [0.15, 0.2) is 0 Å². The van der Waals surface area contributed by atoms with Crippen LogP contribution in [0.5, 0.6) is 0 Å². The highest BCUT2D eigenvalue weighted by molar-refractivity contribution is 5.69. The van der Waals surface area contributed by atoms with Crippen LogP contribution in [0.1, 0.15) is 29.5 Å². The van der Waals surface area contributed by atoms with E-state index in [1.807, 2.05) is 37.4 Å². The zero-order valence-electron chi connectivity index (χ0n) is 27.1. The van der Waals surface area contributed by atoms with Crippen LogP contribution in [0, 0.1) is 20.2 Å². The summed E-state index contributed by atoms with van der Waals surface area (Å²) >= 11 is 0. The third kappa shape index (κ3) is 11.4. The maximum atomic E-state index is 12.4. The Morgan fingerprint density at radius 3 is 1.94 bits per heavy atom. The van der Waals surface area contributed by atoms with E-state index in [0.29, 0.717) is 61.3 Å². The van der Waals surface area contributed by atoms with Gasteiger partial charge in [-0.15, -0.1) is 0 Å². The zero-order valence-corrected chi connectivity index (χ0v) is 27.1. The van der Waals surface area contributed by atoms with Crippen molar-refractivity contribution in [2.45, 2.75) is 32.5 Å². The van der Waals surface area contributed by atoms with Crippen molar-refractivity contribution in [3.05, 3.63) is 116 Å². The highest BCUT2D eigenvalue weighted by Crippen LogP contribution is 2.22. The molecule has 1 unspecified atom stereocenters. The van der Waals surface area contributed by atoms with E-state index in [-0.39, 0.29) is 24.4 Å². The normalized spacial score (nSPS) is 15.1. The molecular formula is C34H42N4O10+2. The number of hydrogen-bond acceptors (Lipinski definition) is 10. The quantitative estimate of drug-likeness (QED) is 0.0622. The van der Waals surface area contributed by atoms with Gasteiger partial charge in [0.2, 0.25) is 6.79 Å². The number of benzene rings is 3. The number of carbonyl (C=O) groups excluding carboxylic acids is 2. The maximum Gasteiger partial charge on any atom is 0.511 e. The first-order valence-corrected chi connectivity index (χ1v) is 15.8. The summed E-state index contributed by atoms with van der Waals surface area (Å²) in [7, 11) is 2.01. The van der Waals surface area contributed by atoms with Gasteiger partial charge in [0.25, 0.3) is 11.4 Å². The fourth-order valence-corrected chi connectivity index (χ4v) is 5.87. The molecule has 1 fully saturated rings. The molecule has 1 heterocycles. The number of esters is 1. The first-order chi connectivity index (χ1) is 23.0. The second kappa shape index (κ2) is 17.3. The van der Waals surface area contributed by atoms with E-state index in [1.165, 1.54) is 24.3 Å². The van der Waals surface area contributed by atoms with E-state index < -0.39 is 28.8 Å².